The number of carboxylic acids is 1. The Hall–Kier alpha value is -0.910. The average molecular weight is 314 g/mol. The predicted molar refractivity (Wildman–Crippen MR) is 84.4 cm³/mol. The second kappa shape index (κ2) is 7.38. The van der Waals surface area contributed by atoms with Crippen molar-refractivity contribution in [2.45, 2.75) is 57.4 Å². The number of urea groups is 1. The summed E-state index contributed by atoms with van der Waals surface area (Å²) in [5, 5.41) is 9.38. The molecule has 2 aliphatic rings. The van der Waals surface area contributed by atoms with Gasteiger partial charge in [-0.1, -0.05) is 33.1 Å². The van der Waals surface area contributed by atoms with Gasteiger partial charge in [0.2, 0.25) is 0 Å². The summed E-state index contributed by atoms with van der Waals surface area (Å²) < 4.78 is 0. The van der Waals surface area contributed by atoms with E-state index in [9.17, 15) is 14.7 Å². The molecule has 2 heterocycles. The van der Waals surface area contributed by atoms with E-state index in [1.54, 1.807) is 16.7 Å². The molecule has 2 unspecified atom stereocenters. The van der Waals surface area contributed by atoms with E-state index in [1.807, 2.05) is 4.90 Å². The molecule has 2 atom stereocenters. The second-order valence-corrected chi connectivity index (χ2v) is 7.42. The number of hydrogen-bond donors (Lipinski definition) is 1. The third-order valence-corrected chi connectivity index (χ3v) is 5.86. The molecule has 0 saturated carbocycles. The summed E-state index contributed by atoms with van der Waals surface area (Å²) in [5.41, 5.74) is 0. The van der Waals surface area contributed by atoms with Crippen LogP contribution >= 0.6 is 11.8 Å². The molecule has 2 saturated heterocycles. The summed E-state index contributed by atoms with van der Waals surface area (Å²) in [6.45, 7) is 5.62. The minimum atomic E-state index is -0.883. The molecule has 0 aromatic carbocycles. The minimum absolute atomic E-state index is 0.0240. The van der Waals surface area contributed by atoms with Crippen LogP contribution in [-0.4, -0.2) is 57.2 Å². The van der Waals surface area contributed by atoms with Crippen LogP contribution in [0, 0.1) is 5.92 Å². The molecule has 6 heteroatoms. The first-order valence-electron chi connectivity index (χ1n) is 7.94. The van der Waals surface area contributed by atoms with Gasteiger partial charge in [-0.2, -0.15) is 0 Å². The molecule has 2 fully saturated rings. The summed E-state index contributed by atoms with van der Waals surface area (Å²) in [5.74, 6) is -0.123. The monoisotopic (exact) mass is 314 g/mol. The van der Waals surface area contributed by atoms with Crippen molar-refractivity contribution >= 4 is 23.8 Å². The van der Waals surface area contributed by atoms with Crippen molar-refractivity contribution in [1.29, 1.82) is 0 Å². The molecular formula is C15H26N2O3S. The topological polar surface area (TPSA) is 60.9 Å². The largest absolute Gasteiger partial charge is 0.480 e. The van der Waals surface area contributed by atoms with Crippen LogP contribution in [0.2, 0.25) is 0 Å². The van der Waals surface area contributed by atoms with Crippen LogP contribution in [0.4, 0.5) is 4.79 Å². The zero-order valence-corrected chi connectivity index (χ0v) is 13.8. The number of rotatable bonds is 2. The van der Waals surface area contributed by atoms with Crippen molar-refractivity contribution in [1.82, 2.24) is 9.80 Å². The van der Waals surface area contributed by atoms with Crippen LogP contribution in [-0.2, 0) is 4.79 Å². The summed E-state index contributed by atoms with van der Waals surface area (Å²) in [6.07, 6.45) is 5.62. The highest BCUT2D eigenvalue weighted by Gasteiger charge is 2.44. The molecule has 2 aliphatic heterocycles. The molecule has 0 aliphatic carbocycles. The normalized spacial score (nSPS) is 27.6. The number of hydrogen-bond acceptors (Lipinski definition) is 3. The molecule has 2 amide bonds. The van der Waals surface area contributed by atoms with Crippen molar-refractivity contribution < 1.29 is 14.7 Å². The van der Waals surface area contributed by atoms with E-state index in [4.69, 9.17) is 0 Å². The van der Waals surface area contributed by atoms with E-state index in [1.165, 1.54) is 6.42 Å². The Morgan fingerprint density at radius 3 is 2.19 bits per heavy atom. The number of thioether (sulfide) groups is 1. The molecule has 21 heavy (non-hydrogen) atoms. The lowest BCUT2D eigenvalue weighted by Crippen LogP contribution is -2.53. The third kappa shape index (κ3) is 3.84. The predicted octanol–water partition coefficient (Wildman–Crippen LogP) is 2.86. The lowest BCUT2D eigenvalue weighted by Gasteiger charge is -2.35. The molecule has 0 aromatic rings. The fourth-order valence-corrected chi connectivity index (χ4v) is 4.54. The van der Waals surface area contributed by atoms with Gasteiger partial charge < -0.3 is 10.0 Å². The zero-order valence-electron chi connectivity index (χ0n) is 13.0. The van der Waals surface area contributed by atoms with Gasteiger partial charge in [-0.25, -0.2) is 9.59 Å². The number of nitrogens with zero attached hydrogens (tertiary/aromatic N) is 2. The average Bonchev–Trinajstić information content (AvgIpc) is 2.82. The van der Waals surface area contributed by atoms with Gasteiger partial charge in [0.25, 0.3) is 0 Å². The molecule has 0 spiro atoms. The zero-order chi connectivity index (χ0) is 15.4. The van der Waals surface area contributed by atoms with Gasteiger partial charge in [-0.15, -0.1) is 11.8 Å². The van der Waals surface area contributed by atoms with E-state index in [-0.39, 0.29) is 17.3 Å². The molecular weight excluding hydrogens is 288 g/mol. The van der Waals surface area contributed by atoms with Gasteiger partial charge in [0.05, 0.1) is 5.37 Å². The number of carbonyl (C=O) groups is 2. The standard InChI is InChI=1S/C15H26N2O3S/c1-11(2)13-17(12(10-21-13)14(18)19)15(20)16-8-6-4-3-5-7-9-16/h11-13H,3-10H2,1-2H3,(H,18,19). The fraction of sp³-hybridized carbons (Fsp3) is 0.867. The van der Waals surface area contributed by atoms with Gasteiger partial charge in [-0.05, 0) is 18.8 Å². The number of likely N-dealkylation sites (tertiary alicyclic amines) is 1. The maximum Gasteiger partial charge on any atom is 0.327 e. The number of carboxylic acid groups (broad SMARTS) is 1. The minimum Gasteiger partial charge on any atom is -0.480 e. The summed E-state index contributed by atoms with van der Waals surface area (Å²) in [7, 11) is 0. The van der Waals surface area contributed by atoms with Crippen molar-refractivity contribution in [2.24, 2.45) is 5.92 Å². The van der Waals surface area contributed by atoms with Crippen molar-refractivity contribution in [2.75, 3.05) is 18.8 Å². The molecule has 2 rings (SSSR count). The molecule has 0 aromatic heterocycles. The SMILES string of the molecule is CC(C)C1SCC(C(=O)O)N1C(=O)N1CCCCCCC1. The van der Waals surface area contributed by atoms with E-state index in [0.29, 0.717) is 5.75 Å². The molecule has 0 radical (unpaired) electrons. The molecule has 5 nitrogen and oxygen atoms in total. The Morgan fingerprint density at radius 2 is 1.67 bits per heavy atom. The van der Waals surface area contributed by atoms with E-state index < -0.39 is 12.0 Å². The first-order valence-corrected chi connectivity index (χ1v) is 8.99. The highest BCUT2D eigenvalue weighted by Crippen LogP contribution is 2.35. The van der Waals surface area contributed by atoms with Crippen LogP contribution in [0.15, 0.2) is 0 Å². The summed E-state index contributed by atoms with van der Waals surface area (Å²) in [4.78, 5) is 27.8. The van der Waals surface area contributed by atoms with Crippen molar-refractivity contribution in [3.05, 3.63) is 0 Å². The van der Waals surface area contributed by atoms with Crippen LogP contribution in [0.5, 0.6) is 0 Å². The maximum absolute atomic E-state index is 12.9. The number of aliphatic carboxylic acids is 1. The van der Waals surface area contributed by atoms with Crippen LogP contribution < -0.4 is 0 Å². The highest BCUT2D eigenvalue weighted by atomic mass is 32.2. The van der Waals surface area contributed by atoms with Crippen molar-refractivity contribution in [3.8, 4) is 0 Å². The second-order valence-electron chi connectivity index (χ2n) is 6.27. The Morgan fingerprint density at radius 1 is 1.10 bits per heavy atom. The molecule has 1 N–H and O–H groups in total. The van der Waals surface area contributed by atoms with E-state index in [0.717, 1.165) is 38.8 Å². The first kappa shape index (κ1) is 16.5. The van der Waals surface area contributed by atoms with E-state index in [2.05, 4.69) is 13.8 Å². The summed E-state index contributed by atoms with van der Waals surface area (Å²) >= 11 is 1.59. The van der Waals surface area contributed by atoms with Gasteiger partial charge in [0.15, 0.2) is 0 Å². The molecule has 0 bridgehead atoms. The lowest BCUT2D eigenvalue weighted by molar-refractivity contribution is -0.141. The van der Waals surface area contributed by atoms with Gasteiger partial charge in [0.1, 0.15) is 6.04 Å². The Labute approximate surface area is 131 Å². The smallest absolute Gasteiger partial charge is 0.327 e. The lowest BCUT2D eigenvalue weighted by atomic mass is 10.1. The highest BCUT2D eigenvalue weighted by molar-refractivity contribution is 8.00. The Kier molecular flexibility index (Phi) is 5.79. The Balaban J connectivity index is 2.13. The van der Waals surface area contributed by atoms with Crippen molar-refractivity contribution in [3.63, 3.8) is 0 Å². The maximum atomic E-state index is 12.9. The summed E-state index contributed by atoms with van der Waals surface area (Å²) in [6, 6.07) is -0.756. The first-order chi connectivity index (χ1) is 10.0. The molecule has 120 valence electrons. The number of carbonyl (C=O) groups excluding carboxylic acids is 1. The van der Waals surface area contributed by atoms with Crippen LogP contribution in [0.25, 0.3) is 0 Å². The fourth-order valence-electron chi connectivity index (χ4n) is 3.08. The quantitative estimate of drug-likeness (QED) is 0.851. The van der Waals surface area contributed by atoms with Gasteiger partial charge in [0, 0.05) is 18.8 Å². The van der Waals surface area contributed by atoms with Gasteiger partial charge in [-0.3, -0.25) is 4.90 Å². The number of amides is 2. The van der Waals surface area contributed by atoms with Crippen LogP contribution in [0.3, 0.4) is 0 Å². The van der Waals surface area contributed by atoms with Gasteiger partial charge >= 0.3 is 12.0 Å². The third-order valence-electron chi connectivity index (χ3n) is 4.24. The van der Waals surface area contributed by atoms with E-state index >= 15 is 0 Å². The van der Waals surface area contributed by atoms with Crippen LogP contribution in [0.1, 0.15) is 46.0 Å². The Bertz CT molecular complexity index is 381.